The molecule has 0 bridgehead atoms. The topological polar surface area (TPSA) is 79.3 Å². The molecule has 1 aliphatic heterocycles. The quantitative estimate of drug-likeness (QED) is 0.0371. The molecule has 0 aromatic heterocycles. The van der Waals surface area contributed by atoms with Gasteiger partial charge in [0.1, 0.15) is 0 Å². The number of nitrogens with zero attached hydrogens (tertiary/aromatic N) is 2. The highest BCUT2D eigenvalue weighted by molar-refractivity contribution is 5.69. The summed E-state index contributed by atoms with van der Waals surface area (Å²) < 4.78 is 11.1. The number of allylic oxidation sites excluding steroid dienone is 4. The van der Waals surface area contributed by atoms with Crippen LogP contribution in [0.3, 0.4) is 0 Å². The van der Waals surface area contributed by atoms with Crippen LogP contribution < -0.4 is 0 Å². The van der Waals surface area contributed by atoms with Crippen molar-refractivity contribution in [3.8, 4) is 0 Å². The second kappa shape index (κ2) is 44.9. The van der Waals surface area contributed by atoms with E-state index in [9.17, 15) is 14.7 Å². The van der Waals surface area contributed by atoms with Gasteiger partial charge in [-0.15, -0.1) is 0 Å². The Kier molecular flexibility index (Phi) is 42.2. The maximum Gasteiger partial charge on any atom is 0.305 e. The van der Waals surface area contributed by atoms with E-state index in [2.05, 4.69) is 55.0 Å². The first kappa shape index (κ1) is 57.3. The number of carbonyl (C=O) groups excluding carboxylic acids is 2. The number of hydrogen-bond donors (Lipinski definition) is 1. The highest BCUT2D eigenvalue weighted by atomic mass is 16.5. The third kappa shape index (κ3) is 39.6. The number of hydrogen-bond acceptors (Lipinski definition) is 7. The molecule has 0 amide bonds. The standard InChI is InChI=1S/C54H102N2O5/c1-4-6-8-10-12-14-16-18-20-22-24-26-28-30-34-42-53(58)60-48-37-32-33-41-52(57)51(50-56-45-39-44-55(3)46-47-56)40-36-38-49-61-54(59)43-35-31-29-27-25-23-21-19-17-15-13-11-9-7-5-2/h18-21,51-52,57H,4-17,22-50H2,1-3H3/b20-18-,21-19-. The van der Waals surface area contributed by atoms with E-state index in [0.29, 0.717) is 26.1 Å². The van der Waals surface area contributed by atoms with Gasteiger partial charge in [-0.25, -0.2) is 0 Å². The monoisotopic (exact) mass is 859 g/mol. The Hall–Kier alpha value is -1.70. The molecule has 0 aromatic rings. The molecule has 61 heavy (non-hydrogen) atoms. The normalized spacial score (nSPS) is 15.1. The van der Waals surface area contributed by atoms with Crippen molar-refractivity contribution < 1.29 is 24.2 Å². The molecule has 1 saturated heterocycles. The number of aliphatic hydroxyl groups is 1. The van der Waals surface area contributed by atoms with Crippen LogP contribution >= 0.6 is 0 Å². The van der Waals surface area contributed by atoms with Gasteiger partial charge >= 0.3 is 11.9 Å². The fourth-order valence-corrected chi connectivity index (χ4v) is 8.59. The van der Waals surface area contributed by atoms with Crippen molar-refractivity contribution in [3.05, 3.63) is 24.3 Å². The fourth-order valence-electron chi connectivity index (χ4n) is 8.59. The highest BCUT2D eigenvalue weighted by Crippen LogP contribution is 2.21. The molecule has 1 fully saturated rings. The van der Waals surface area contributed by atoms with Crippen LogP contribution in [0.25, 0.3) is 0 Å². The predicted molar refractivity (Wildman–Crippen MR) is 261 cm³/mol. The van der Waals surface area contributed by atoms with E-state index in [1.807, 2.05) is 0 Å². The van der Waals surface area contributed by atoms with E-state index in [4.69, 9.17) is 9.47 Å². The molecule has 1 N–H and O–H groups in total. The van der Waals surface area contributed by atoms with Crippen LogP contribution in [0, 0.1) is 5.92 Å². The summed E-state index contributed by atoms with van der Waals surface area (Å²) in [6.07, 6.45) is 50.3. The maximum atomic E-state index is 12.4. The second-order valence-electron chi connectivity index (χ2n) is 18.7. The van der Waals surface area contributed by atoms with E-state index < -0.39 is 0 Å². The SMILES string of the molecule is CCCCCCCC/C=C\CCCCCCCC(=O)OCCCCCC(O)C(CCCCOC(=O)CCCCCCC/C=C\CCCCCCCC)CN1CCCN(C)CC1. The van der Waals surface area contributed by atoms with Crippen LogP contribution in [-0.2, 0) is 19.1 Å². The Labute approximate surface area is 379 Å². The lowest BCUT2D eigenvalue weighted by Gasteiger charge is -2.30. The number of aliphatic hydroxyl groups excluding tert-OH is 1. The van der Waals surface area contributed by atoms with E-state index in [-0.39, 0.29) is 24.0 Å². The van der Waals surface area contributed by atoms with Gasteiger partial charge in [0.25, 0.3) is 0 Å². The lowest BCUT2D eigenvalue weighted by molar-refractivity contribution is -0.144. The molecule has 2 unspecified atom stereocenters. The molecule has 0 aromatic carbocycles. The largest absolute Gasteiger partial charge is 0.466 e. The molecule has 358 valence electrons. The van der Waals surface area contributed by atoms with Gasteiger partial charge in [-0.3, -0.25) is 9.59 Å². The number of carbonyl (C=O) groups is 2. The molecule has 1 aliphatic rings. The van der Waals surface area contributed by atoms with E-state index in [1.54, 1.807) is 0 Å². The van der Waals surface area contributed by atoms with E-state index in [0.717, 1.165) is 103 Å². The summed E-state index contributed by atoms with van der Waals surface area (Å²) in [5, 5.41) is 11.4. The van der Waals surface area contributed by atoms with Crippen LogP contribution in [-0.4, -0.2) is 85.9 Å². The number of unbranched alkanes of at least 4 members (excludes halogenated alkanes) is 25. The zero-order chi connectivity index (χ0) is 44.1. The predicted octanol–water partition coefficient (Wildman–Crippen LogP) is 14.5. The van der Waals surface area contributed by atoms with Crippen molar-refractivity contribution in [2.75, 3.05) is 53.0 Å². The van der Waals surface area contributed by atoms with Gasteiger partial charge in [-0.1, -0.05) is 147 Å². The zero-order valence-electron chi connectivity index (χ0n) is 40.8. The van der Waals surface area contributed by atoms with Gasteiger partial charge in [0.05, 0.1) is 19.3 Å². The second-order valence-corrected chi connectivity index (χ2v) is 18.7. The van der Waals surface area contributed by atoms with Gasteiger partial charge < -0.3 is 24.4 Å². The van der Waals surface area contributed by atoms with Gasteiger partial charge in [-0.05, 0) is 135 Å². The third-order valence-corrected chi connectivity index (χ3v) is 12.8. The van der Waals surface area contributed by atoms with Crippen molar-refractivity contribution in [2.24, 2.45) is 5.92 Å². The highest BCUT2D eigenvalue weighted by Gasteiger charge is 2.23. The average molecular weight is 859 g/mol. The van der Waals surface area contributed by atoms with Crippen LogP contribution in [0.4, 0.5) is 0 Å². The fraction of sp³-hybridized carbons (Fsp3) is 0.889. The Morgan fingerprint density at radius 1 is 0.492 bits per heavy atom. The molecule has 0 saturated carbocycles. The Bertz CT molecular complexity index is 1020. The van der Waals surface area contributed by atoms with Crippen molar-refractivity contribution in [1.82, 2.24) is 9.80 Å². The summed E-state index contributed by atoms with van der Waals surface area (Å²) in [6.45, 7) is 10.8. The van der Waals surface area contributed by atoms with Crippen LogP contribution in [0.15, 0.2) is 24.3 Å². The third-order valence-electron chi connectivity index (χ3n) is 12.8. The minimum atomic E-state index is -0.340. The maximum absolute atomic E-state index is 12.4. The Morgan fingerprint density at radius 3 is 1.39 bits per heavy atom. The van der Waals surface area contributed by atoms with Crippen LogP contribution in [0.1, 0.15) is 245 Å². The molecular formula is C54H102N2O5. The Morgan fingerprint density at radius 2 is 0.902 bits per heavy atom. The molecule has 2 atom stereocenters. The van der Waals surface area contributed by atoms with Crippen molar-refractivity contribution in [3.63, 3.8) is 0 Å². The lowest BCUT2D eigenvalue weighted by Crippen LogP contribution is -2.37. The van der Waals surface area contributed by atoms with Crippen molar-refractivity contribution in [2.45, 2.75) is 251 Å². The van der Waals surface area contributed by atoms with Gasteiger partial charge in [0.15, 0.2) is 0 Å². The first-order valence-corrected chi connectivity index (χ1v) is 26.7. The molecule has 7 nitrogen and oxygen atoms in total. The van der Waals surface area contributed by atoms with E-state index >= 15 is 0 Å². The summed E-state index contributed by atoms with van der Waals surface area (Å²) in [5.41, 5.74) is 0. The van der Waals surface area contributed by atoms with Crippen molar-refractivity contribution in [1.29, 1.82) is 0 Å². The summed E-state index contributed by atoms with van der Waals surface area (Å²) >= 11 is 0. The minimum absolute atomic E-state index is 0.0587. The number of ether oxygens (including phenoxy) is 2. The van der Waals surface area contributed by atoms with Crippen LogP contribution in [0.2, 0.25) is 0 Å². The molecular weight excluding hydrogens is 757 g/mol. The molecule has 1 rings (SSSR count). The molecule has 7 heteroatoms. The van der Waals surface area contributed by atoms with Crippen LogP contribution in [0.5, 0.6) is 0 Å². The van der Waals surface area contributed by atoms with Crippen molar-refractivity contribution >= 4 is 11.9 Å². The summed E-state index contributed by atoms with van der Waals surface area (Å²) in [7, 11) is 2.20. The number of rotatable bonds is 44. The molecule has 1 heterocycles. The first-order chi connectivity index (χ1) is 30.0. The Balaban J connectivity index is 2.14. The van der Waals surface area contributed by atoms with Gasteiger partial charge in [-0.2, -0.15) is 0 Å². The first-order valence-electron chi connectivity index (χ1n) is 26.7. The van der Waals surface area contributed by atoms with Gasteiger partial charge in [0, 0.05) is 32.5 Å². The summed E-state index contributed by atoms with van der Waals surface area (Å²) in [5.74, 6) is 0.102. The van der Waals surface area contributed by atoms with E-state index in [1.165, 1.54) is 148 Å². The molecule has 0 aliphatic carbocycles. The minimum Gasteiger partial charge on any atom is -0.466 e. The average Bonchev–Trinajstić information content (AvgIpc) is 3.47. The smallest absolute Gasteiger partial charge is 0.305 e. The lowest BCUT2D eigenvalue weighted by atomic mass is 9.91. The van der Waals surface area contributed by atoms with Gasteiger partial charge in [0.2, 0.25) is 0 Å². The zero-order valence-corrected chi connectivity index (χ0v) is 40.8. The summed E-state index contributed by atoms with van der Waals surface area (Å²) in [6, 6.07) is 0. The molecule has 0 spiro atoms. The number of esters is 2. The molecule has 0 radical (unpaired) electrons. The number of likely N-dealkylation sites (N-methyl/N-ethyl adjacent to an activating group) is 1. The summed E-state index contributed by atoms with van der Waals surface area (Å²) in [4.78, 5) is 29.6.